The lowest BCUT2D eigenvalue weighted by molar-refractivity contribution is 0.0440. The molecule has 19 heavy (non-hydrogen) atoms. The van der Waals surface area contributed by atoms with Crippen LogP contribution < -0.4 is 4.90 Å². The maximum absolute atomic E-state index is 8.89. The van der Waals surface area contributed by atoms with Crippen LogP contribution in [-0.2, 0) is 4.74 Å². The van der Waals surface area contributed by atoms with Gasteiger partial charge in [0, 0.05) is 25.4 Å². The molecule has 0 spiro atoms. The normalized spacial score (nSPS) is 19.2. The molecule has 102 valence electrons. The van der Waals surface area contributed by atoms with E-state index in [1.165, 1.54) is 0 Å². The predicted molar refractivity (Wildman–Crippen MR) is 77.6 cm³/mol. The van der Waals surface area contributed by atoms with E-state index in [-0.39, 0.29) is 0 Å². The molecule has 0 bridgehead atoms. The second kappa shape index (κ2) is 6.79. The highest BCUT2D eigenvalue weighted by molar-refractivity contribution is 6.32. The van der Waals surface area contributed by atoms with E-state index in [1.807, 2.05) is 12.1 Å². The topological polar surface area (TPSA) is 36.3 Å². The second-order valence-corrected chi connectivity index (χ2v) is 5.26. The maximum Gasteiger partial charge on any atom is 0.101 e. The van der Waals surface area contributed by atoms with Gasteiger partial charge in [-0.15, -0.1) is 0 Å². The quantitative estimate of drug-likeness (QED) is 0.844. The Hall–Kier alpha value is -1.24. The fraction of sp³-hybridized carbons (Fsp3) is 0.533. The first-order valence-corrected chi connectivity index (χ1v) is 7.18. The first kappa shape index (κ1) is 14.2. The Kier molecular flexibility index (Phi) is 5.07. The summed E-state index contributed by atoms with van der Waals surface area (Å²) in [4.78, 5) is 2.29. The number of hydrogen-bond donors (Lipinski definition) is 0. The SMILES string of the molecule is CCCOC1CCCN(c2ccc(C#N)c(Cl)c2)C1. The third-order valence-electron chi connectivity index (χ3n) is 3.37. The van der Waals surface area contributed by atoms with Gasteiger partial charge in [0.25, 0.3) is 0 Å². The van der Waals surface area contributed by atoms with Crippen molar-refractivity contribution in [1.82, 2.24) is 0 Å². The smallest absolute Gasteiger partial charge is 0.101 e. The van der Waals surface area contributed by atoms with Crippen molar-refractivity contribution in [2.24, 2.45) is 0 Å². The Bertz CT molecular complexity index is 470. The number of ether oxygens (including phenoxy) is 1. The molecule has 0 amide bonds. The zero-order valence-electron chi connectivity index (χ0n) is 11.2. The minimum absolute atomic E-state index is 0.308. The molecule has 2 rings (SSSR count). The Balaban J connectivity index is 2.05. The summed E-state index contributed by atoms with van der Waals surface area (Å²) < 4.78 is 5.83. The highest BCUT2D eigenvalue weighted by Crippen LogP contribution is 2.26. The Morgan fingerprint density at radius 2 is 2.37 bits per heavy atom. The van der Waals surface area contributed by atoms with Gasteiger partial charge in [-0.05, 0) is 37.5 Å². The number of anilines is 1. The van der Waals surface area contributed by atoms with Crippen LogP contribution >= 0.6 is 11.6 Å². The average molecular weight is 279 g/mol. The first-order chi connectivity index (χ1) is 9.24. The van der Waals surface area contributed by atoms with E-state index < -0.39 is 0 Å². The summed E-state index contributed by atoms with van der Waals surface area (Å²) in [6, 6.07) is 7.72. The molecule has 1 aliphatic heterocycles. The molecule has 0 aromatic heterocycles. The van der Waals surface area contributed by atoms with Gasteiger partial charge in [0.2, 0.25) is 0 Å². The number of nitrogens with zero attached hydrogens (tertiary/aromatic N) is 2. The van der Waals surface area contributed by atoms with Crippen molar-refractivity contribution in [2.45, 2.75) is 32.3 Å². The van der Waals surface area contributed by atoms with Crippen LogP contribution in [0.15, 0.2) is 18.2 Å². The van der Waals surface area contributed by atoms with E-state index in [2.05, 4.69) is 17.9 Å². The largest absolute Gasteiger partial charge is 0.376 e. The van der Waals surface area contributed by atoms with E-state index in [4.69, 9.17) is 21.6 Å². The fourth-order valence-electron chi connectivity index (χ4n) is 2.38. The van der Waals surface area contributed by atoms with Crippen LogP contribution in [0.2, 0.25) is 5.02 Å². The van der Waals surface area contributed by atoms with Crippen molar-refractivity contribution >= 4 is 17.3 Å². The van der Waals surface area contributed by atoms with Crippen LogP contribution in [0, 0.1) is 11.3 Å². The molecule has 1 saturated heterocycles. The number of benzene rings is 1. The Morgan fingerprint density at radius 1 is 1.53 bits per heavy atom. The van der Waals surface area contributed by atoms with Gasteiger partial charge in [-0.25, -0.2) is 0 Å². The van der Waals surface area contributed by atoms with Crippen LogP contribution in [0.4, 0.5) is 5.69 Å². The molecule has 1 unspecified atom stereocenters. The van der Waals surface area contributed by atoms with Crippen molar-refractivity contribution in [2.75, 3.05) is 24.6 Å². The molecule has 0 N–H and O–H groups in total. The van der Waals surface area contributed by atoms with Gasteiger partial charge in [-0.3, -0.25) is 0 Å². The predicted octanol–water partition coefficient (Wildman–Crippen LogP) is 3.61. The number of halogens is 1. The third-order valence-corrected chi connectivity index (χ3v) is 3.69. The highest BCUT2D eigenvalue weighted by Gasteiger charge is 2.20. The summed E-state index contributed by atoms with van der Waals surface area (Å²) in [6.07, 6.45) is 3.62. The van der Waals surface area contributed by atoms with Gasteiger partial charge in [0.05, 0.1) is 16.7 Å². The molecule has 1 aliphatic rings. The van der Waals surface area contributed by atoms with Crippen molar-refractivity contribution in [1.29, 1.82) is 5.26 Å². The van der Waals surface area contributed by atoms with E-state index >= 15 is 0 Å². The molecule has 0 aliphatic carbocycles. The summed E-state index contributed by atoms with van der Waals surface area (Å²) in [5.41, 5.74) is 1.61. The van der Waals surface area contributed by atoms with Gasteiger partial charge in [0.1, 0.15) is 6.07 Å². The van der Waals surface area contributed by atoms with E-state index in [0.29, 0.717) is 16.7 Å². The van der Waals surface area contributed by atoms with Gasteiger partial charge >= 0.3 is 0 Å². The molecule has 1 aromatic rings. The lowest BCUT2D eigenvalue weighted by Gasteiger charge is -2.34. The summed E-state index contributed by atoms with van der Waals surface area (Å²) in [6.45, 7) is 4.88. The lowest BCUT2D eigenvalue weighted by atomic mass is 10.1. The lowest BCUT2D eigenvalue weighted by Crippen LogP contribution is -2.39. The number of piperidine rings is 1. The van der Waals surface area contributed by atoms with Crippen LogP contribution in [-0.4, -0.2) is 25.8 Å². The first-order valence-electron chi connectivity index (χ1n) is 6.80. The monoisotopic (exact) mass is 278 g/mol. The van der Waals surface area contributed by atoms with Crippen LogP contribution in [0.1, 0.15) is 31.7 Å². The molecular formula is C15H19ClN2O. The third kappa shape index (κ3) is 3.62. The Morgan fingerprint density at radius 3 is 3.05 bits per heavy atom. The van der Waals surface area contributed by atoms with E-state index in [1.54, 1.807) is 6.07 Å². The van der Waals surface area contributed by atoms with E-state index in [0.717, 1.165) is 44.6 Å². The van der Waals surface area contributed by atoms with Gasteiger partial charge in [-0.1, -0.05) is 18.5 Å². The van der Waals surface area contributed by atoms with Crippen molar-refractivity contribution in [3.8, 4) is 6.07 Å². The fourth-order valence-corrected chi connectivity index (χ4v) is 2.60. The molecule has 1 heterocycles. The summed E-state index contributed by atoms with van der Waals surface area (Å²) >= 11 is 6.09. The average Bonchev–Trinajstić information content (AvgIpc) is 2.45. The van der Waals surface area contributed by atoms with E-state index in [9.17, 15) is 0 Å². The molecule has 3 nitrogen and oxygen atoms in total. The zero-order chi connectivity index (χ0) is 13.7. The van der Waals surface area contributed by atoms with Gasteiger partial charge in [-0.2, -0.15) is 5.26 Å². The van der Waals surface area contributed by atoms with Gasteiger partial charge < -0.3 is 9.64 Å². The Labute approximate surface area is 119 Å². The summed E-state index contributed by atoms with van der Waals surface area (Å²) in [7, 11) is 0. The molecule has 4 heteroatoms. The van der Waals surface area contributed by atoms with Crippen LogP contribution in [0.3, 0.4) is 0 Å². The molecule has 0 radical (unpaired) electrons. The summed E-state index contributed by atoms with van der Waals surface area (Å²) in [5.74, 6) is 0. The van der Waals surface area contributed by atoms with Gasteiger partial charge in [0.15, 0.2) is 0 Å². The number of nitriles is 1. The number of hydrogen-bond acceptors (Lipinski definition) is 3. The summed E-state index contributed by atoms with van der Waals surface area (Å²) in [5, 5.41) is 9.42. The molecule has 0 saturated carbocycles. The standard InChI is InChI=1S/C15H19ClN2O/c1-2-8-19-14-4-3-7-18(11-14)13-6-5-12(10-17)15(16)9-13/h5-6,9,14H,2-4,7-8,11H2,1H3. The number of rotatable bonds is 4. The van der Waals surface area contributed by atoms with Crippen molar-refractivity contribution in [3.05, 3.63) is 28.8 Å². The molecule has 1 atom stereocenters. The second-order valence-electron chi connectivity index (χ2n) is 4.86. The van der Waals surface area contributed by atoms with Crippen LogP contribution in [0.25, 0.3) is 0 Å². The highest BCUT2D eigenvalue weighted by atomic mass is 35.5. The maximum atomic E-state index is 8.89. The molecule has 1 aromatic carbocycles. The van der Waals surface area contributed by atoms with Crippen LogP contribution in [0.5, 0.6) is 0 Å². The minimum atomic E-state index is 0.308. The van der Waals surface area contributed by atoms with Crippen molar-refractivity contribution < 1.29 is 4.74 Å². The molecular weight excluding hydrogens is 260 g/mol. The van der Waals surface area contributed by atoms with Crippen molar-refractivity contribution in [3.63, 3.8) is 0 Å². The zero-order valence-corrected chi connectivity index (χ0v) is 12.0. The minimum Gasteiger partial charge on any atom is -0.376 e. The molecule has 1 fully saturated rings.